The first-order valence-corrected chi connectivity index (χ1v) is 17.8. The number of fused-ring (bicyclic) bond motifs is 7. The van der Waals surface area contributed by atoms with Crippen LogP contribution in [0.15, 0.2) is 154 Å². The summed E-state index contributed by atoms with van der Waals surface area (Å²) in [5.41, 5.74) is 9.37. The van der Waals surface area contributed by atoms with Crippen molar-refractivity contribution < 1.29 is 4.42 Å². The molecule has 0 aliphatic carbocycles. The van der Waals surface area contributed by atoms with Crippen LogP contribution in [0.5, 0.6) is 0 Å². The van der Waals surface area contributed by atoms with E-state index in [2.05, 4.69) is 122 Å². The second kappa shape index (κ2) is 10.3. The third-order valence-electron chi connectivity index (χ3n) is 9.04. The van der Waals surface area contributed by atoms with Crippen LogP contribution in [-0.4, -0.2) is 27.5 Å². The van der Waals surface area contributed by atoms with Gasteiger partial charge in [-0.2, -0.15) is 10.0 Å². The summed E-state index contributed by atoms with van der Waals surface area (Å²) in [6.45, 7) is 0. The average molecular weight is 612 g/mol. The lowest BCUT2D eigenvalue weighted by Gasteiger charge is -2.28. The van der Waals surface area contributed by atoms with Crippen LogP contribution in [0.3, 0.4) is 0 Å². The Hall–Kier alpha value is -5.52. The first-order chi connectivity index (χ1) is 22.6. The minimum absolute atomic E-state index is 0.646. The van der Waals surface area contributed by atoms with Gasteiger partial charge in [0.1, 0.15) is 11.2 Å². The van der Waals surface area contributed by atoms with E-state index in [9.17, 15) is 0 Å². The van der Waals surface area contributed by atoms with Gasteiger partial charge in [0.05, 0.1) is 0 Å². The van der Waals surface area contributed by atoms with Gasteiger partial charge in [-0.3, -0.25) is 0 Å². The van der Waals surface area contributed by atoms with Gasteiger partial charge in [0, 0.05) is 48.4 Å². The van der Waals surface area contributed by atoms with Crippen molar-refractivity contribution in [3.63, 3.8) is 0 Å². The van der Waals surface area contributed by atoms with Crippen LogP contribution in [0.1, 0.15) is 0 Å². The van der Waals surface area contributed by atoms with E-state index in [-0.39, 0.29) is 0 Å². The molecule has 6 aromatic carbocycles. The number of benzene rings is 6. The van der Waals surface area contributed by atoms with Crippen molar-refractivity contribution in [3.05, 3.63) is 140 Å². The normalized spacial score (nSPS) is 13.9. The number of nitrogens with zero attached hydrogens (tertiary/aromatic N) is 3. The molecule has 5 heteroatoms. The summed E-state index contributed by atoms with van der Waals surface area (Å²) in [5, 5.41) is 2.26. The molecule has 1 aliphatic heterocycles. The molecule has 46 heavy (non-hydrogen) atoms. The lowest BCUT2D eigenvalue weighted by Crippen LogP contribution is -2.01. The standard InChI is InChI=1S/C41H29N3OS/c1-46(2)34-19-11-17-32(36(34)37-35(46)25-24-31-30-16-9-10-18-33(30)45-38(31)37)41-43-39(28-14-7-4-8-15-28)42-40(44-41)29-22-20-27(21-23-29)26-12-5-3-6-13-26/h3-25H,1-2H3. The zero-order valence-corrected chi connectivity index (χ0v) is 26.3. The smallest absolute Gasteiger partial charge is 0.164 e. The molecule has 220 valence electrons. The zero-order valence-electron chi connectivity index (χ0n) is 25.4. The van der Waals surface area contributed by atoms with Crippen molar-refractivity contribution >= 4 is 32.0 Å². The van der Waals surface area contributed by atoms with Crippen molar-refractivity contribution in [1.82, 2.24) is 15.0 Å². The van der Waals surface area contributed by atoms with Crippen molar-refractivity contribution in [3.8, 4) is 56.4 Å². The van der Waals surface area contributed by atoms with Gasteiger partial charge in [-0.05, 0) is 47.9 Å². The Morgan fingerprint density at radius 3 is 1.74 bits per heavy atom. The van der Waals surface area contributed by atoms with Crippen molar-refractivity contribution in [2.45, 2.75) is 9.79 Å². The minimum atomic E-state index is -1.31. The highest BCUT2D eigenvalue weighted by atomic mass is 32.3. The number of rotatable bonds is 4. The van der Waals surface area contributed by atoms with E-state index < -0.39 is 10.0 Å². The molecule has 0 amide bonds. The second-order valence-corrected chi connectivity index (χ2v) is 15.6. The number of para-hydroxylation sites is 1. The van der Waals surface area contributed by atoms with Crippen LogP contribution in [0.2, 0.25) is 0 Å². The number of aromatic nitrogens is 3. The van der Waals surface area contributed by atoms with E-state index in [0.717, 1.165) is 55.3 Å². The van der Waals surface area contributed by atoms with Crippen LogP contribution in [0.25, 0.3) is 78.4 Å². The Labute approximate surface area is 268 Å². The quantitative estimate of drug-likeness (QED) is 0.199. The summed E-state index contributed by atoms with van der Waals surface area (Å²) in [6, 6.07) is 48.4. The Kier molecular flexibility index (Phi) is 5.99. The molecule has 0 spiro atoms. The molecule has 0 unspecified atom stereocenters. The van der Waals surface area contributed by atoms with Crippen LogP contribution < -0.4 is 0 Å². The molecule has 0 bridgehead atoms. The fraction of sp³-hybridized carbons (Fsp3) is 0.0488. The van der Waals surface area contributed by atoms with Gasteiger partial charge in [-0.15, -0.1) is 0 Å². The van der Waals surface area contributed by atoms with Crippen LogP contribution in [0.4, 0.5) is 0 Å². The fourth-order valence-corrected chi connectivity index (χ4v) is 9.23. The lowest BCUT2D eigenvalue weighted by molar-refractivity contribution is 0.669. The maximum absolute atomic E-state index is 6.63. The van der Waals surface area contributed by atoms with Crippen LogP contribution >= 0.6 is 10.0 Å². The maximum Gasteiger partial charge on any atom is 0.164 e. The molecule has 0 saturated heterocycles. The fourth-order valence-electron chi connectivity index (χ4n) is 6.74. The topological polar surface area (TPSA) is 51.8 Å². The first kappa shape index (κ1) is 26.8. The SMILES string of the molecule is CS1(C)c2cccc(-c3nc(-c4ccccc4)nc(-c4ccc(-c5ccccc5)cc4)n3)c2-c2c1ccc1c2oc2ccccc21. The molecule has 0 radical (unpaired) electrons. The third-order valence-corrected chi connectivity index (χ3v) is 11.9. The molecular formula is C41H29N3OS. The van der Waals surface area contributed by atoms with Gasteiger partial charge in [0.25, 0.3) is 0 Å². The van der Waals surface area contributed by atoms with Crippen molar-refractivity contribution in [1.29, 1.82) is 0 Å². The van der Waals surface area contributed by atoms with Crippen LogP contribution in [0, 0.1) is 0 Å². The van der Waals surface area contributed by atoms with E-state index in [1.165, 1.54) is 15.4 Å². The summed E-state index contributed by atoms with van der Waals surface area (Å²) >= 11 is 0. The highest BCUT2D eigenvalue weighted by Crippen LogP contribution is 2.69. The molecule has 3 heterocycles. The molecular weight excluding hydrogens is 583 g/mol. The van der Waals surface area contributed by atoms with Crippen LogP contribution in [-0.2, 0) is 0 Å². The summed E-state index contributed by atoms with van der Waals surface area (Å²) in [6.07, 6.45) is 4.75. The average Bonchev–Trinajstić information content (AvgIpc) is 3.61. The summed E-state index contributed by atoms with van der Waals surface area (Å²) in [4.78, 5) is 18.0. The predicted octanol–water partition coefficient (Wildman–Crippen LogP) is 10.9. The lowest BCUT2D eigenvalue weighted by atomic mass is 9.97. The molecule has 2 aromatic heterocycles. The molecule has 0 saturated carbocycles. The molecule has 4 nitrogen and oxygen atoms in total. The van der Waals surface area contributed by atoms with Gasteiger partial charge < -0.3 is 4.42 Å². The molecule has 0 N–H and O–H groups in total. The van der Waals surface area contributed by atoms with E-state index >= 15 is 0 Å². The Balaban J connectivity index is 1.28. The Bertz CT molecular complexity index is 2430. The Morgan fingerprint density at radius 2 is 1.00 bits per heavy atom. The third kappa shape index (κ3) is 4.12. The molecule has 0 atom stereocenters. The largest absolute Gasteiger partial charge is 0.455 e. The molecule has 9 rings (SSSR count). The molecule has 1 aliphatic rings. The van der Waals surface area contributed by atoms with E-state index in [0.29, 0.717) is 17.5 Å². The van der Waals surface area contributed by atoms with E-state index in [1.54, 1.807) is 0 Å². The van der Waals surface area contributed by atoms with Gasteiger partial charge in [-0.1, -0.05) is 115 Å². The number of hydrogen-bond acceptors (Lipinski definition) is 4. The molecule has 0 fully saturated rings. The monoisotopic (exact) mass is 611 g/mol. The summed E-state index contributed by atoms with van der Waals surface area (Å²) < 4.78 is 6.63. The zero-order chi connectivity index (χ0) is 30.8. The number of hydrogen-bond donors (Lipinski definition) is 0. The first-order valence-electron chi connectivity index (χ1n) is 15.3. The van der Waals surface area contributed by atoms with E-state index in [4.69, 9.17) is 19.4 Å². The predicted molar refractivity (Wildman–Crippen MR) is 190 cm³/mol. The highest BCUT2D eigenvalue weighted by molar-refractivity contribution is 8.33. The molecule has 8 aromatic rings. The summed E-state index contributed by atoms with van der Waals surface area (Å²) in [7, 11) is -1.31. The van der Waals surface area contributed by atoms with Crippen molar-refractivity contribution in [2.75, 3.05) is 12.5 Å². The van der Waals surface area contributed by atoms with Gasteiger partial charge in [-0.25, -0.2) is 15.0 Å². The Morgan fingerprint density at radius 1 is 0.435 bits per heavy atom. The second-order valence-electron chi connectivity index (χ2n) is 12.0. The highest BCUT2D eigenvalue weighted by Gasteiger charge is 2.37. The minimum Gasteiger partial charge on any atom is -0.455 e. The number of furan rings is 1. The van der Waals surface area contributed by atoms with E-state index in [1.807, 2.05) is 30.3 Å². The van der Waals surface area contributed by atoms with Gasteiger partial charge >= 0.3 is 0 Å². The summed E-state index contributed by atoms with van der Waals surface area (Å²) in [5.74, 6) is 1.95. The van der Waals surface area contributed by atoms with Gasteiger partial charge in [0.2, 0.25) is 0 Å². The van der Waals surface area contributed by atoms with Crippen molar-refractivity contribution in [2.24, 2.45) is 0 Å². The van der Waals surface area contributed by atoms with Gasteiger partial charge in [0.15, 0.2) is 17.5 Å². The maximum atomic E-state index is 6.63.